The van der Waals surface area contributed by atoms with Crippen LogP contribution >= 0.6 is 0 Å². The molecule has 1 aliphatic heterocycles. The first kappa shape index (κ1) is 24.7. The van der Waals surface area contributed by atoms with Crippen LogP contribution in [0.1, 0.15) is 18.4 Å². The van der Waals surface area contributed by atoms with Gasteiger partial charge >= 0.3 is 5.97 Å². The van der Waals surface area contributed by atoms with Gasteiger partial charge in [0.25, 0.3) is 5.91 Å². The minimum absolute atomic E-state index is 0.0729. The van der Waals surface area contributed by atoms with Crippen molar-refractivity contribution in [3.05, 3.63) is 65.5 Å². The van der Waals surface area contributed by atoms with Crippen LogP contribution in [0.4, 0.5) is 13.2 Å². The number of piperidine rings is 1. The molecule has 1 heterocycles. The number of nitrogens with zero attached hydrogens (tertiary/aromatic N) is 2. The molecule has 0 radical (unpaired) electrons. The second-order valence-corrected chi connectivity index (χ2v) is 9.64. The number of ether oxygens (including phenoxy) is 1. The average molecular weight is 484 g/mol. The van der Waals surface area contributed by atoms with Crippen molar-refractivity contribution in [2.75, 3.05) is 26.7 Å². The number of sulfonamides is 1. The van der Waals surface area contributed by atoms with E-state index in [0.717, 1.165) is 16.4 Å². The van der Waals surface area contributed by atoms with E-state index in [2.05, 4.69) is 0 Å². The SMILES string of the molecule is CN(Cc1ccc(F)cc1)C(=O)COC(=O)C1CCN(S(=O)(=O)c2cc(F)ccc2F)CC1. The Morgan fingerprint density at radius 3 is 2.27 bits per heavy atom. The number of esters is 1. The van der Waals surface area contributed by atoms with Gasteiger partial charge in [0, 0.05) is 26.7 Å². The van der Waals surface area contributed by atoms with E-state index in [0.29, 0.717) is 11.6 Å². The Kier molecular flexibility index (Phi) is 7.75. The summed E-state index contributed by atoms with van der Waals surface area (Å²) in [6, 6.07) is 7.85. The highest BCUT2D eigenvalue weighted by molar-refractivity contribution is 7.89. The van der Waals surface area contributed by atoms with E-state index in [1.165, 1.54) is 24.1 Å². The van der Waals surface area contributed by atoms with E-state index in [9.17, 15) is 31.2 Å². The van der Waals surface area contributed by atoms with Crippen molar-refractivity contribution in [1.29, 1.82) is 0 Å². The van der Waals surface area contributed by atoms with E-state index >= 15 is 0 Å². The number of rotatable bonds is 7. The van der Waals surface area contributed by atoms with Gasteiger partial charge in [-0.1, -0.05) is 12.1 Å². The van der Waals surface area contributed by atoms with Crippen molar-refractivity contribution in [3.8, 4) is 0 Å². The summed E-state index contributed by atoms with van der Waals surface area (Å²) in [6.07, 6.45) is 0.239. The van der Waals surface area contributed by atoms with Gasteiger partial charge in [-0.05, 0) is 48.7 Å². The molecule has 0 aromatic heterocycles. The summed E-state index contributed by atoms with van der Waals surface area (Å²) < 4.78 is 71.6. The second-order valence-electron chi connectivity index (χ2n) is 7.74. The highest BCUT2D eigenvalue weighted by atomic mass is 32.2. The molecule has 178 valence electrons. The van der Waals surface area contributed by atoms with Crippen LogP contribution in [0.3, 0.4) is 0 Å². The van der Waals surface area contributed by atoms with E-state index in [1.54, 1.807) is 12.1 Å². The lowest BCUT2D eigenvalue weighted by molar-refractivity contribution is -0.156. The van der Waals surface area contributed by atoms with Gasteiger partial charge in [-0.2, -0.15) is 4.31 Å². The Labute approximate surface area is 189 Å². The number of carbonyl (C=O) groups is 2. The molecular weight excluding hydrogens is 461 g/mol. The molecule has 1 aliphatic rings. The molecule has 0 bridgehead atoms. The van der Waals surface area contributed by atoms with Crippen LogP contribution in [0.25, 0.3) is 0 Å². The molecule has 0 spiro atoms. The summed E-state index contributed by atoms with van der Waals surface area (Å²) in [5, 5.41) is 0. The first-order valence-corrected chi connectivity index (χ1v) is 11.6. The molecule has 0 saturated carbocycles. The van der Waals surface area contributed by atoms with Crippen LogP contribution in [0.2, 0.25) is 0 Å². The zero-order valence-electron chi connectivity index (χ0n) is 17.8. The van der Waals surface area contributed by atoms with E-state index < -0.39 is 51.0 Å². The van der Waals surface area contributed by atoms with Gasteiger partial charge in [0.05, 0.1) is 5.92 Å². The predicted octanol–water partition coefficient (Wildman–Crippen LogP) is 2.71. The maximum Gasteiger partial charge on any atom is 0.309 e. The molecule has 0 unspecified atom stereocenters. The van der Waals surface area contributed by atoms with Gasteiger partial charge in [0.2, 0.25) is 10.0 Å². The second kappa shape index (κ2) is 10.3. The summed E-state index contributed by atoms with van der Waals surface area (Å²) in [5.41, 5.74) is 0.710. The molecule has 11 heteroatoms. The molecule has 3 rings (SSSR count). The summed E-state index contributed by atoms with van der Waals surface area (Å²) in [6.45, 7) is -0.417. The molecule has 1 saturated heterocycles. The lowest BCUT2D eigenvalue weighted by Gasteiger charge is -2.30. The van der Waals surface area contributed by atoms with Crippen LogP contribution in [0.5, 0.6) is 0 Å². The van der Waals surface area contributed by atoms with E-state index in [1.807, 2.05) is 0 Å². The number of benzene rings is 2. The van der Waals surface area contributed by atoms with Crippen LogP contribution in [-0.2, 0) is 30.9 Å². The molecule has 33 heavy (non-hydrogen) atoms. The first-order valence-electron chi connectivity index (χ1n) is 10.2. The zero-order valence-corrected chi connectivity index (χ0v) is 18.7. The molecule has 1 fully saturated rings. The van der Waals surface area contributed by atoms with Crippen molar-refractivity contribution in [2.24, 2.45) is 5.92 Å². The Bertz CT molecular complexity index is 1120. The Morgan fingerprint density at radius 2 is 1.64 bits per heavy atom. The summed E-state index contributed by atoms with van der Waals surface area (Å²) in [5.74, 6) is -4.02. The maximum absolute atomic E-state index is 13.9. The highest BCUT2D eigenvalue weighted by Crippen LogP contribution is 2.26. The van der Waals surface area contributed by atoms with Gasteiger partial charge in [-0.3, -0.25) is 9.59 Å². The number of amides is 1. The van der Waals surface area contributed by atoms with Crippen LogP contribution < -0.4 is 0 Å². The lowest BCUT2D eigenvalue weighted by atomic mass is 9.98. The van der Waals surface area contributed by atoms with Gasteiger partial charge in [-0.15, -0.1) is 0 Å². The standard InChI is InChI=1S/C22H23F3N2O5S/c1-26(13-15-2-4-17(23)5-3-15)21(28)14-32-22(29)16-8-10-27(11-9-16)33(30,31)20-12-18(24)6-7-19(20)25/h2-7,12,16H,8-11,13-14H2,1H3. The lowest BCUT2D eigenvalue weighted by Crippen LogP contribution is -2.41. The van der Waals surface area contributed by atoms with Gasteiger partial charge in [0.15, 0.2) is 6.61 Å². The fraction of sp³-hybridized carbons (Fsp3) is 0.364. The van der Waals surface area contributed by atoms with Gasteiger partial charge in [-0.25, -0.2) is 21.6 Å². The molecule has 7 nitrogen and oxygen atoms in total. The Balaban J connectivity index is 1.49. The van der Waals surface area contributed by atoms with Crippen molar-refractivity contribution in [3.63, 3.8) is 0 Å². The van der Waals surface area contributed by atoms with Crippen molar-refractivity contribution >= 4 is 21.9 Å². The zero-order chi connectivity index (χ0) is 24.2. The number of hydrogen-bond donors (Lipinski definition) is 0. The molecule has 0 aliphatic carbocycles. The van der Waals surface area contributed by atoms with Crippen molar-refractivity contribution in [2.45, 2.75) is 24.3 Å². The molecule has 1 amide bonds. The number of hydrogen-bond acceptors (Lipinski definition) is 5. The minimum Gasteiger partial charge on any atom is -0.455 e. The fourth-order valence-electron chi connectivity index (χ4n) is 3.46. The number of halogens is 3. The summed E-state index contributed by atoms with van der Waals surface area (Å²) in [4.78, 5) is 25.1. The van der Waals surface area contributed by atoms with Crippen LogP contribution in [0, 0.1) is 23.4 Å². The van der Waals surface area contributed by atoms with Gasteiger partial charge < -0.3 is 9.64 Å². The summed E-state index contributed by atoms with van der Waals surface area (Å²) in [7, 11) is -2.73. The van der Waals surface area contributed by atoms with E-state index in [4.69, 9.17) is 4.74 Å². The van der Waals surface area contributed by atoms with Crippen LogP contribution in [-0.4, -0.2) is 56.2 Å². The van der Waals surface area contributed by atoms with Crippen molar-refractivity contribution < 1.29 is 35.9 Å². The maximum atomic E-state index is 13.9. The third-order valence-corrected chi connectivity index (χ3v) is 7.31. The molecular formula is C22H23F3N2O5S. The molecule has 2 aromatic rings. The molecule has 0 N–H and O–H groups in total. The third kappa shape index (κ3) is 6.11. The van der Waals surface area contributed by atoms with Crippen molar-refractivity contribution in [1.82, 2.24) is 9.21 Å². The molecule has 2 aromatic carbocycles. The molecule has 0 atom stereocenters. The smallest absolute Gasteiger partial charge is 0.309 e. The first-order chi connectivity index (χ1) is 15.6. The Morgan fingerprint density at radius 1 is 1.03 bits per heavy atom. The normalized spacial score (nSPS) is 15.3. The number of likely N-dealkylation sites (N-methyl/N-ethyl adjacent to an activating group) is 1. The third-order valence-electron chi connectivity index (χ3n) is 5.39. The summed E-state index contributed by atoms with van der Waals surface area (Å²) >= 11 is 0. The number of carbonyl (C=O) groups excluding carboxylic acids is 2. The van der Waals surface area contributed by atoms with E-state index in [-0.39, 0.29) is 38.3 Å². The average Bonchev–Trinajstić information content (AvgIpc) is 2.80. The fourth-order valence-corrected chi connectivity index (χ4v) is 5.00. The largest absolute Gasteiger partial charge is 0.455 e. The topological polar surface area (TPSA) is 84.0 Å². The monoisotopic (exact) mass is 484 g/mol. The Hall–Kier alpha value is -2.92. The van der Waals surface area contributed by atoms with Crippen LogP contribution in [0.15, 0.2) is 47.4 Å². The minimum atomic E-state index is -4.25. The predicted molar refractivity (Wildman–Crippen MR) is 112 cm³/mol. The highest BCUT2D eigenvalue weighted by Gasteiger charge is 2.34. The van der Waals surface area contributed by atoms with Gasteiger partial charge in [0.1, 0.15) is 22.3 Å². The quantitative estimate of drug-likeness (QED) is 0.565.